The normalized spacial score (nSPS) is 19.0. The van der Waals surface area contributed by atoms with Gasteiger partial charge in [-0.1, -0.05) is 20.8 Å². The highest BCUT2D eigenvalue weighted by Crippen LogP contribution is 2.38. The number of carbonyl (C=O) groups is 3. The quantitative estimate of drug-likeness (QED) is 0.591. The molecule has 0 spiro atoms. The van der Waals surface area contributed by atoms with E-state index in [1.54, 1.807) is 0 Å². The number of carbonyl (C=O) groups excluding carboxylic acids is 3. The van der Waals surface area contributed by atoms with Crippen LogP contribution in [0.25, 0.3) is 0 Å². The Morgan fingerprint density at radius 2 is 1.53 bits per heavy atom. The fourth-order valence-corrected chi connectivity index (χ4v) is 4.14. The van der Waals surface area contributed by atoms with Crippen molar-refractivity contribution in [2.24, 2.45) is 17.8 Å². The minimum Gasteiger partial charge on any atom is -0.493 e. The second kappa shape index (κ2) is 11.6. The van der Waals surface area contributed by atoms with Gasteiger partial charge in [0.05, 0.1) is 21.3 Å². The molecule has 1 aromatic rings. The molecule has 1 saturated heterocycles. The van der Waals surface area contributed by atoms with Gasteiger partial charge in [0.15, 0.2) is 11.5 Å². The summed E-state index contributed by atoms with van der Waals surface area (Å²) in [6.07, 6.45) is 1.56. The van der Waals surface area contributed by atoms with Crippen molar-refractivity contribution in [2.75, 3.05) is 34.4 Å². The molecule has 1 fully saturated rings. The number of methoxy groups -OCH3 is 3. The lowest BCUT2D eigenvalue weighted by Gasteiger charge is -2.35. The molecule has 1 aliphatic rings. The van der Waals surface area contributed by atoms with Crippen LogP contribution in [0.5, 0.6) is 17.2 Å². The van der Waals surface area contributed by atoms with Gasteiger partial charge in [-0.3, -0.25) is 25.2 Å². The third-order valence-electron chi connectivity index (χ3n) is 5.52. The van der Waals surface area contributed by atoms with Crippen LogP contribution < -0.4 is 25.1 Å². The molecule has 0 radical (unpaired) electrons. The molecule has 32 heavy (non-hydrogen) atoms. The highest BCUT2D eigenvalue weighted by atomic mass is 16.5. The molecule has 1 heterocycles. The van der Waals surface area contributed by atoms with E-state index in [0.717, 1.165) is 19.5 Å². The van der Waals surface area contributed by atoms with Crippen LogP contribution in [0.1, 0.15) is 50.4 Å². The van der Waals surface area contributed by atoms with E-state index < -0.39 is 5.91 Å². The van der Waals surface area contributed by atoms with Gasteiger partial charge in [0, 0.05) is 31.5 Å². The van der Waals surface area contributed by atoms with Crippen LogP contribution in [0.3, 0.4) is 0 Å². The number of hydrogen-bond acceptors (Lipinski definition) is 6. The third kappa shape index (κ3) is 6.77. The lowest BCUT2D eigenvalue weighted by atomic mass is 9.91. The number of hydrogen-bond donors (Lipinski definition) is 2. The monoisotopic (exact) mass is 449 g/mol. The Morgan fingerprint density at radius 3 is 2.03 bits per heavy atom. The summed E-state index contributed by atoms with van der Waals surface area (Å²) in [5.74, 6) is 1.04. The molecule has 1 aromatic carbocycles. The fraction of sp³-hybridized carbons (Fsp3) is 0.609. The smallest absolute Gasteiger partial charge is 0.269 e. The lowest BCUT2D eigenvalue weighted by molar-refractivity contribution is -0.135. The largest absolute Gasteiger partial charge is 0.493 e. The number of nitrogens with one attached hydrogen (secondary N) is 2. The van der Waals surface area contributed by atoms with E-state index in [4.69, 9.17) is 14.2 Å². The number of hydrazine groups is 1. The Labute approximate surface area is 189 Å². The average Bonchev–Trinajstić information content (AvgIpc) is 2.75. The molecule has 1 aliphatic heterocycles. The molecule has 2 N–H and O–H groups in total. The van der Waals surface area contributed by atoms with E-state index >= 15 is 0 Å². The summed E-state index contributed by atoms with van der Waals surface area (Å²) >= 11 is 0. The molecule has 9 heteroatoms. The topological polar surface area (TPSA) is 106 Å². The van der Waals surface area contributed by atoms with Gasteiger partial charge in [-0.15, -0.1) is 0 Å². The summed E-state index contributed by atoms with van der Waals surface area (Å²) in [5, 5.41) is 0. The minimum absolute atomic E-state index is 0.0742. The van der Waals surface area contributed by atoms with Crippen LogP contribution >= 0.6 is 0 Å². The summed E-state index contributed by atoms with van der Waals surface area (Å²) < 4.78 is 15.7. The molecular formula is C23H35N3O6. The van der Waals surface area contributed by atoms with Crippen LogP contribution in [0.15, 0.2) is 12.1 Å². The minimum atomic E-state index is -0.530. The highest BCUT2D eigenvalue weighted by molar-refractivity contribution is 5.96. The van der Waals surface area contributed by atoms with Crippen molar-refractivity contribution < 1.29 is 28.6 Å². The molecule has 0 aromatic heterocycles. The van der Waals surface area contributed by atoms with E-state index in [-0.39, 0.29) is 29.7 Å². The predicted molar refractivity (Wildman–Crippen MR) is 120 cm³/mol. The van der Waals surface area contributed by atoms with Crippen LogP contribution in [-0.4, -0.2) is 57.0 Å². The summed E-state index contributed by atoms with van der Waals surface area (Å²) in [6.45, 7) is 7.71. The zero-order valence-electron chi connectivity index (χ0n) is 19.8. The zero-order valence-corrected chi connectivity index (χ0v) is 19.8. The molecule has 2 rings (SSSR count). The summed E-state index contributed by atoms with van der Waals surface area (Å²) in [5.41, 5.74) is 5.03. The molecule has 178 valence electrons. The SMILES string of the molecule is COc1cc(C(=O)NNC(=O)CC(C)CC(=O)N2CC(C)CC(C)C2)cc(OC)c1OC. The van der Waals surface area contributed by atoms with Gasteiger partial charge in [0.2, 0.25) is 17.6 Å². The van der Waals surface area contributed by atoms with Gasteiger partial charge in [-0.2, -0.15) is 0 Å². The Morgan fingerprint density at radius 1 is 0.969 bits per heavy atom. The van der Waals surface area contributed by atoms with Crippen molar-refractivity contribution in [2.45, 2.75) is 40.0 Å². The first kappa shape index (κ1) is 25.3. The fourth-order valence-electron chi connectivity index (χ4n) is 4.14. The number of amides is 3. The van der Waals surface area contributed by atoms with E-state index in [9.17, 15) is 14.4 Å². The molecular weight excluding hydrogens is 414 g/mol. The maximum atomic E-state index is 12.6. The number of likely N-dealkylation sites (tertiary alicyclic amines) is 1. The van der Waals surface area contributed by atoms with Gasteiger partial charge in [0.1, 0.15) is 0 Å². The van der Waals surface area contributed by atoms with Gasteiger partial charge in [-0.05, 0) is 36.3 Å². The number of piperidine rings is 1. The third-order valence-corrected chi connectivity index (χ3v) is 5.52. The summed E-state index contributed by atoms with van der Waals surface area (Å²) in [6, 6.07) is 2.98. The molecule has 3 atom stereocenters. The Bertz CT molecular complexity index is 793. The molecule has 3 amide bonds. The van der Waals surface area contributed by atoms with Crippen molar-refractivity contribution >= 4 is 17.7 Å². The van der Waals surface area contributed by atoms with Crippen molar-refractivity contribution in [1.29, 1.82) is 0 Å². The molecule has 9 nitrogen and oxygen atoms in total. The van der Waals surface area contributed by atoms with E-state index in [2.05, 4.69) is 24.7 Å². The van der Waals surface area contributed by atoms with Crippen LogP contribution in [-0.2, 0) is 9.59 Å². The first-order valence-corrected chi connectivity index (χ1v) is 10.8. The van der Waals surface area contributed by atoms with Gasteiger partial charge >= 0.3 is 0 Å². The van der Waals surface area contributed by atoms with Gasteiger partial charge in [-0.25, -0.2) is 0 Å². The molecule has 0 bridgehead atoms. The predicted octanol–water partition coefficient (Wildman–Crippen LogP) is 2.39. The Balaban J connectivity index is 1.87. The van der Waals surface area contributed by atoms with Crippen molar-refractivity contribution in [3.8, 4) is 17.2 Å². The molecule has 3 unspecified atom stereocenters. The standard InChI is InChI=1S/C23H35N3O6/c1-14(9-21(28)26-12-15(2)7-16(3)13-26)8-20(27)24-25-23(29)17-10-18(30-4)22(32-6)19(11-17)31-5/h10-11,14-16H,7-9,12-13H2,1-6H3,(H,24,27)(H,25,29). The van der Waals surface area contributed by atoms with E-state index in [0.29, 0.717) is 35.5 Å². The Hall–Kier alpha value is -2.97. The summed E-state index contributed by atoms with van der Waals surface area (Å²) in [4.78, 5) is 39.3. The maximum Gasteiger partial charge on any atom is 0.269 e. The van der Waals surface area contributed by atoms with E-state index in [1.807, 2.05) is 11.8 Å². The first-order chi connectivity index (χ1) is 15.2. The number of benzene rings is 1. The van der Waals surface area contributed by atoms with Gasteiger partial charge < -0.3 is 19.1 Å². The second-order valence-corrected chi connectivity index (χ2v) is 8.67. The second-order valence-electron chi connectivity index (χ2n) is 8.67. The average molecular weight is 450 g/mol. The first-order valence-electron chi connectivity index (χ1n) is 10.8. The molecule has 0 saturated carbocycles. The highest BCUT2D eigenvalue weighted by Gasteiger charge is 2.26. The van der Waals surface area contributed by atoms with Crippen LogP contribution in [0.2, 0.25) is 0 Å². The number of rotatable bonds is 8. The van der Waals surface area contributed by atoms with Crippen molar-refractivity contribution in [3.05, 3.63) is 17.7 Å². The van der Waals surface area contributed by atoms with Crippen molar-refractivity contribution in [1.82, 2.24) is 15.8 Å². The lowest BCUT2D eigenvalue weighted by Crippen LogP contribution is -2.44. The number of ether oxygens (including phenoxy) is 3. The van der Waals surface area contributed by atoms with E-state index in [1.165, 1.54) is 33.5 Å². The Kier molecular flexibility index (Phi) is 9.16. The maximum absolute atomic E-state index is 12.6. The molecule has 0 aliphatic carbocycles. The van der Waals surface area contributed by atoms with Crippen LogP contribution in [0, 0.1) is 17.8 Å². The van der Waals surface area contributed by atoms with Crippen molar-refractivity contribution in [3.63, 3.8) is 0 Å². The zero-order chi connectivity index (χ0) is 23.8. The number of nitrogens with zero attached hydrogens (tertiary/aromatic N) is 1. The summed E-state index contributed by atoms with van der Waals surface area (Å²) in [7, 11) is 4.38. The van der Waals surface area contributed by atoms with Gasteiger partial charge in [0.25, 0.3) is 5.91 Å². The van der Waals surface area contributed by atoms with Crippen LogP contribution in [0.4, 0.5) is 0 Å².